The van der Waals surface area contributed by atoms with Gasteiger partial charge in [0.1, 0.15) is 6.07 Å². The highest BCUT2D eigenvalue weighted by Gasteiger charge is 2.19. The van der Waals surface area contributed by atoms with Crippen LogP contribution >= 0.6 is 0 Å². The summed E-state index contributed by atoms with van der Waals surface area (Å²) in [5.74, 6) is 0. The first-order chi connectivity index (χ1) is 7.72. The van der Waals surface area contributed by atoms with E-state index in [1.54, 1.807) is 0 Å². The average molecular weight is 215 g/mol. The highest BCUT2D eigenvalue weighted by molar-refractivity contribution is 5.64. The van der Waals surface area contributed by atoms with Crippen molar-refractivity contribution in [2.45, 2.75) is 19.9 Å². The van der Waals surface area contributed by atoms with E-state index >= 15 is 0 Å². The summed E-state index contributed by atoms with van der Waals surface area (Å²) in [6.45, 7) is 7.18. The number of rotatable bonds is 1. The third-order valence-electron chi connectivity index (χ3n) is 3.04. The number of para-hydroxylation sites is 1. The van der Waals surface area contributed by atoms with Crippen LogP contribution in [0.15, 0.2) is 18.2 Å². The smallest absolute Gasteiger partial charge is 0.101 e. The third kappa shape index (κ3) is 2.02. The number of nitrogens with zero attached hydrogens (tertiary/aromatic N) is 2. The van der Waals surface area contributed by atoms with E-state index in [9.17, 15) is 0 Å². The van der Waals surface area contributed by atoms with Gasteiger partial charge in [0.2, 0.25) is 0 Å². The van der Waals surface area contributed by atoms with Crippen molar-refractivity contribution in [1.29, 1.82) is 5.26 Å². The minimum absolute atomic E-state index is 0.486. The normalized spacial score (nSPS) is 20.6. The van der Waals surface area contributed by atoms with Gasteiger partial charge in [-0.3, -0.25) is 0 Å². The largest absolute Gasteiger partial charge is 0.367 e. The first-order valence-corrected chi connectivity index (χ1v) is 5.70. The van der Waals surface area contributed by atoms with E-state index in [2.05, 4.69) is 36.2 Å². The predicted molar refractivity (Wildman–Crippen MR) is 65.6 cm³/mol. The van der Waals surface area contributed by atoms with Crippen LogP contribution in [0, 0.1) is 18.3 Å². The van der Waals surface area contributed by atoms with Gasteiger partial charge in [-0.2, -0.15) is 5.26 Å². The van der Waals surface area contributed by atoms with E-state index in [0.717, 1.165) is 30.9 Å². The molecule has 0 aromatic heterocycles. The Hall–Kier alpha value is -1.53. The van der Waals surface area contributed by atoms with E-state index in [-0.39, 0.29) is 0 Å². The molecule has 0 unspecified atom stereocenters. The molecule has 1 heterocycles. The summed E-state index contributed by atoms with van der Waals surface area (Å²) in [6, 6.07) is 8.69. The van der Waals surface area contributed by atoms with Gasteiger partial charge < -0.3 is 10.2 Å². The summed E-state index contributed by atoms with van der Waals surface area (Å²) in [7, 11) is 0. The Morgan fingerprint density at radius 2 is 2.31 bits per heavy atom. The Balaban J connectivity index is 2.35. The molecule has 3 heteroatoms. The molecule has 1 aliphatic heterocycles. The fourth-order valence-corrected chi connectivity index (χ4v) is 2.30. The maximum atomic E-state index is 9.15. The van der Waals surface area contributed by atoms with Crippen molar-refractivity contribution in [3.63, 3.8) is 0 Å². The number of hydrogen-bond donors (Lipinski definition) is 1. The van der Waals surface area contributed by atoms with Crippen molar-refractivity contribution in [3.8, 4) is 6.07 Å². The van der Waals surface area contributed by atoms with Crippen molar-refractivity contribution < 1.29 is 0 Å². The van der Waals surface area contributed by atoms with Gasteiger partial charge in [0.05, 0.1) is 11.3 Å². The summed E-state index contributed by atoms with van der Waals surface area (Å²) in [5, 5.41) is 12.6. The highest BCUT2D eigenvalue weighted by Crippen LogP contribution is 2.25. The van der Waals surface area contributed by atoms with Crippen molar-refractivity contribution in [2.75, 3.05) is 24.5 Å². The number of hydrogen-bond acceptors (Lipinski definition) is 3. The zero-order valence-corrected chi connectivity index (χ0v) is 9.83. The van der Waals surface area contributed by atoms with Gasteiger partial charge in [-0.15, -0.1) is 0 Å². The van der Waals surface area contributed by atoms with Crippen LogP contribution in [0.1, 0.15) is 18.1 Å². The van der Waals surface area contributed by atoms with Gasteiger partial charge in [0.25, 0.3) is 0 Å². The van der Waals surface area contributed by atoms with E-state index in [4.69, 9.17) is 5.26 Å². The minimum Gasteiger partial charge on any atom is -0.367 e. The Bertz CT molecular complexity index is 420. The molecule has 0 spiro atoms. The molecule has 1 aromatic rings. The Kier molecular flexibility index (Phi) is 3.12. The van der Waals surface area contributed by atoms with Crippen LogP contribution in [-0.4, -0.2) is 25.7 Å². The number of nitrogens with one attached hydrogen (secondary N) is 1. The Morgan fingerprint density at radius 3 is 3.00 bits per heavy atom. The van der Waals surface area contributed by atoms with Gasteiger partial charge in [-0.1, -0.05) is 12.1 Å². The molecule has 84 valence electrons. The standard InChI is InChI=1S/C13H17N3/c1-10-4-3-5-12(8-14)13(10)16-7-6-15-11(2)9-16/h3-5,11,15H,6-7,9H2,1-2H3/t11-/m0/s1. The molecule has 1 N–H and O–H groups in total. The quantitative estimate of drug-likeness (QED) is 0.774. The lowest BCUT2D eigenvalue weighted by Crippen LogP contribution is -2.49. The summed E-state index contributed by atoms with van der Waals surface area (Å²) in [4.78, 5) is 2.31. The molecule has 1 atom stereocenters. The van der Waals surface area contributed by atoms with Gasteiger partial charge in [-0.25, -0.2) is 0 Å². The lowest BCUT2D eigenvalue weighted by Gasteiger charge is -2.35. The summed E-state index contributed by atoms with van der Waals surface area (Å²) in [5.41, 5.74) is 3.08. The first kappa shape index (κ1) is 11.0. The second-order valence-electron chi connectivity index (χ2n) is 4.38. The zero-order chi connectivity index (χ0) is 11.5. The Labute approximate surface area is 96.7 Å². The molecule has 0 aliphatic carbocycles. The first-order valence-electron chi connectivity index (χ1n) is 5.70. The van der Waals surface area contributed by atoms with Crippen molar-refractivity contribution >= 4 is 5.69 Å². The van der Waals surface area contributed by atoms with Crippen molar-refractivity contribution in [1.82, 2.24) is 5.32 Å². The van der Waals surface area contributed by atoms with E-state index in [1.807, 2.05) is 12.1 Å². The molecular weight excluding hydrogens is 198 g/mol. The predicted octanol–water partition coefficient (Wildman–Crippen LogP) is 1.66. The number of aryl methyl sites for hydroxylation is 1. The Morgan fingerprint density at radius 1 is 1.50 bits per heavy atom. The molecule has 0 radical (unpaired) electrons. The van der Waals surface area contributed by atoms with Crippen LogP contribution in [-0.2, 0) is 0 Å². The zero-order valence-electron chi connectivity index (χ0n) is 9.83. The second-order valence-corrected chi connectivity index (χ2v) is 4.38. The molecule has 3 nitrogen and oxygen atoms in total. The average Bonchev–Trinajstić information content (AvgIpc) is 2.28. The third-order valence-corrected chi connectivity index (χ3v) is 3.04. The lowest BCUT2D eigenvalue weighted by atomic mass is 10.1. The molecule has 1 aromatic carbocycles. The van der Waals surface area contributed by atoms with Gasteiger partial charge in [0, 0.05) is 25.7 Å². The molecule has 0 saturated carbocycles. The summed E-state index contributed by atoms with van der Waals surface area (Å²) in [6.07, 6.45) is 0. The van der Waals surface area contributed by atoms with Crippen LogP contribution < -0.4 is 10.2 Å². The summed E-state index contributed by atoms with van der Waals surface area (Å²) < 4.78 is 0. The van der Waals surface area contributed by atoms with Gasteiger partial charge in [0.15, 0.2) is 0 Å². The lowest BCUT2D eigenvalue weighted by molar-refractivity contribution is 0.484. The second kappa shape index (κ2) is 4.54. The number of nitriles is 1. The van der Waals surface area contributed by atoms with Crippen molar-refractivity contribution in [3.05, 3.63) is 29.3 Å². The van der Waals surface area contributed by atoms with Crippen LogP contribution in [0.5, 0.6) is 0 Å². The topological polar surface area (TPSA) is 39.1 Å². The van der Waals surface area contributed by atoms with Crippen LogP contribution in [0.2, 0.25) is 0 Å². The molecular formula is C13H17N3. The fourth-order valence-electron chi connectivity index (χ4n) is 2.30. The maximum absolute atomic E-state index is 9.15. The highest BCUT2D eigenvalue weighted by atomic mass is 15.2. The molecule has 2 rings (SSSR count). The maximum Gasteiger partial charge on any atom is 0.101 e. The van der Waals surface area contributed by atoms with E-state index in [0.29, 0.717) is 6.04 Å². The number of piperazine rings is 1. The van der Waals surface area contributed by atoms with Crippen LogP contribution in [0.25, 0.3) is 0 Å². The monoisotopic (exact) mass is 215 g/mol. The number of anilines is 1. The van der Waals surface area contributed by atoms with Crippen LogP contribution in [0.4, 0.5) is 5.69 Å². The molecule has 16 heavy (non-hydrogen) atoms. The van der Waals surface area contributed by atoms with Crippen LogP contribution in [0.3, 0.4) is 0 Å². The van der Waals surface area contributed by atoms with Gasteiger partial charge in [-0.05, 0) is 25.5 Å². The SMILES string of the molecule is Cc1cccc(C#N)c1N1CCN[C@@H](C)C1. The summed E-state index contributed by atoms with van der Waals surface area (Å²) >= 11 is 0. The number of benzene rings is 1. The van der Waals surface area contributed by atoms with E-state index < -0.39 is 0 Å². The molecule has 0 amide bonds. The molecule has 0 bridgehead atoms. The molecule has 1 aliphatic rings. The minimum atomic E-state index is 0.486. The molecule has 1 saturated heterocycles. The van der Waals surface area contributed by atoms with Gasteiger partial charge >= 0.3 is 0 Å². The van der Waals surface area contributed by atoms with Crippen molar-refractivity contribution in [2.24, 2.45) is 0 Å². The molecule has 1 fully saturated rings. The fraction of sp³-hybridized carbons (Fsp3) is 0.462. The van der Waals surface area contributed by atoms with E-state index in [1.165, 1.54) is 5.56 Å².